The van der Waals surface area contributed by atoms with Gasteiger partial charge in [0.05, 0.1) is 19.8 Å². The van der Waals surface area contributed by atoms with E-state index in [1.165, 1.54) is 13.8 Å². The summed E-state index contributed by atoms with van der Waals surface area (Å²) in [7, 11) is 0. The zero-order valence-corrected chi connectivity index (χ0v) is 19.0. The molecule has 2 aromatic rings. The van der Waals surface area contributed by atoms with Crippen LogP contribution in [0.25, 0.3) is 0 Å². The second kappa shape index (κ2) is 11.7. The molecule has 4 atom stereocenters. The van der Waals surface area contributed by atoms with Crippen LogP contribution in [0.2, 0.25) is 0 Å². The molecular formula is C26H30O7. The fraction of sp³-hybridized carbons (Fsp3) is 0.385. The maximum absolute atomic E-state index is 11.9. The van der Waals surface area contributed by atoms with Crippen molar-refractivity contribution in [2.24, 2.45) is 0 Å². The van der Waals surface area contributed by atoms with Gasteiger partial charge in [-0.05, 0) is 17.5 Å². The van der Waals surface area contributed by atoms with Gasteiger partial charge in [0, 0.05) is 13.8 Å². The third kappa shape index (κ3) is 6.74. The summed E-state index contributed by atoms with van der Waals surface area (Å²) in [6.45, 7) is 7.13. The molecule has 0 spiro atoms. The molecule has 1 aliphatic heterocycles. The first-order valence-corrected chi connectivity index (χ1v) is 10.8. The van der Waals surface area contributed by atoms with Crippen molar-refractivity contribution in [3.8, 4) is 0 Å². The zero-order chi connectivity index (χ0) is 23.7. The Balaban J connectivity index is 1.87. The maximum Gasteiger partial charge on any atom is 0.305 e. The molecule has 1 unspecified atom stereocenters. The van der Waals surface area contributed by atoms with Crippen molar-refractivity contribution in [2.75, 3.05) is 6.61 Å². The molecule has 1 aliphatic rings. The third-order valence-corrected chi connectivity index (χ3v) is 5.24. The van der Waals surface area contributed by atoms with Gasteiger partial charge in [-0.25, -0.2) is 0 Å². The number of rotatable bonds is 11. The number of carbonyl (C=O) groups is 2. The minimum Gasteiger partial charge on any atom is -0.453 e. The molecule has 1 saturated heterocycles. The number of hydrogen-bond acceptors (Lipinski definition) is 7. The van der Waals surface area contributed by atoms with Crippen LogP contribution in [-0.2, 0) is 46.5 Å². The van der Waals surface area contributed by atoms with Gasteiger partial charge < -0.3 is 23.7 Å². The van der Waals surface area contributed by atoms with Gasteiger partial charge in [0.2, 0.25) is 6.29 Å². The minimum absolute atomic E-state index is 0.114. The molecule has 0 N–H and O–H groups in total. The Bertz CT molecular complexity index is 915. The Labute approximate surface area is 194 Å². The number of hydrogen-bond donors (Lipinski definition) is 0. The predicted octanol–water partition coefficient (Wildman–Crippen LogP) is 3.95. The Morgan fingerprint density at radius 1 is 0.939 bits per heavy atom. The topological polar surface area (TPSA) is 80.3 Å². The molecule has 0 amide bonds. The van der Waals surface area contributed by atoms with Crippen LogP contribution in [0, 0.1) is 0 Å². The molecule has 0 bridgehead atoms. The van der Waals surface area contributed by atoms with Crippen molar-refractivity contribution < 1.29 is 33.3 Å². The first kappa shape index (κ1) is 24.6. The van der Waals surface area contributed by atoms with Gasteiger partial charge in [-0.2, -0.15) is 0 Å². The molecule has 0 aromatic heterocycles. The lowest BCUT2D eigenvalue weighted by molar-refractivity contribution is -0.211. The normalized spacial score (nSPS) is 24.2. The van der Waals surface area contributed by atoms with Crippen molar-refractivity contribution in [2.45, 2.75) is 57.6 Å². The van der Waals surface area contributed by atoms with E-state index in [9.17, 15) is 9.59 Å². The summed E-state index contributed by atoms with van der Waals surface area (Å²) < 4.78 is 29.4. The first-order chi connectivity index (χ1) is 15.9. The Kier molecular flexibility index (Phi) is 8.77. The summed E-state index contributed by atoms with van der Waals surface area (Å²) in [5.41, 5.74) is 0.859. The van der Waals surface area contributed by atoms with E-state index in [-0.39, 0.29) is 13.2 Å². The molecule has 3 rings (SSSR count). The fourth-order valence-corrected chi connectivity index (χ4v) is 3.88. The molecule has 176 valence electrons. The SMILES string of the molecule is C=CC[C@]1(COCc2ccccc2)O[C@H](OC(C)=O)C(OC(C)=O)[C@H]1OCc1ccccc1. The standard InChI is InChI=1S/C26H30O7/c1-4-15-26(18-29-16-21-11-7-5-8-12-21)24(30-17-22-13-9-6-10-14-22)23(31-19(2)27)25(33-26)32-20(3)28/h4-14,23-25H,1,15-18H2,2-3H3/t23?,24-,25+,26-/m1/s1. The monoisotopic (exact) mass is 454 g/mol. The molecule has 7 nitrogen and oxygen atoms in total. The van der Waals surface area contributed by atoms with E-state index in [2.05, 4.69) is 6.58 Å². The molecule has 0 aliphatic carbocycles. The average Bonchev–Trinajstić information content (AvgIpc) is 3.05. The van der Waals surface area contributed by atoms with E-state index in [0.717, 1.165) is 11.1 Å². The van der Waals surface area contributed by atoms with Crippen molar-refractivity contribution in [3.63, 3.8) is 0 Å². The van der Waals surface area contributed by atoms with Crippen molar-refractivity contribution in [1.29, 1.82) is 0 Å². The summed E-state index contributed by atoms with van der Waals surface area (Å²) in [5.74, 6) is -1.09. The van der Waals surface area contributed by atoms with E-state index >= 15 is 0 Å². The highest BCUT2D eigenvalue weighted by atomic mass is 16.8. The van der Waals surface area contributed by atoms with Crippen LogP contribution in [0.1, 0.15) is 31.4 Å². The van der Waals surface area contributed by atoms with Gasteiger partial charge in [-0.15, -0.1) is 6.58 Å². The second-order valence-electron chi connectivity index (χ2n) is 7.92. The smallest absolute Gasteiger partial charge is 0.305 e. The van der Waals surface area contributed by atoms with Crippen LogP contribution in [0.15, 0.2) is 73.3 Å². The van der Waals surface area contributed by atoms with Crippen molar-refractivity contribution in [1.82, 2.24) is 0 Å². The number of benzene rings is 2. The molecule has 2 aromatic carbocycles. The van der Waals surface area contributed by atoms with Crippen molar-refractivity contribution >= 4 is 11.9 Å². The van der Waals surface area contributed by atoms with E-state index in [1.54, 1.807) is 6.08 Å². The van der Waals surface area contributed by atoms with E-state index in [4.69, 9.17) is 23.7 Å². The fourth-order valence-electron chi connectivity index (χ4n) is 3.88. The molecule has 33 heavy (non-hydrogen) atoms. The minimum atomic E-state index is -1.13. The summed E-state index contributed by atoms with van der Waals surface area (Å²) >= 11 is 0. The van der Waals surface area contributed by atoms with Gasteiger partial charge in [-0.3, -0.25) is 9.59 Å². The highest BCUT2D eigenvalue weighted by molar-refractivity contribution is 5.67. The van der Waals surface area contributed by atoms with Crippen LogP contribution in [0.4, 0.5) is 0 Å². The van der Waals surface area contributed by atoms with Crippen LogP contribution in [-0.4, -0.2) is 42.6 Å². The number of esters is 2. The van der Waals surface area contributed by atoms with Gasteiger partial charge in [-0.1, -0.05) is 66.7 Å². The maximum atomic E-state index is 11.9. The molecule has 1 fully saturated rings. The molecule has 0 saturated carbocycles. The molecule has 1 heterocycles. The number of ether oxygens (including phenoxy) is 5. The van der Waals surface area contributed by atoms with Crippen LogP contribution in [0.5, 0.6) is 0 Å². The van der Waals surface area contributed by atoms with Crippen molar-refractivity contribution in [3.05, 3.63) is 84.4 Å². The van der Waals surface area contributed by atoms with E-state index < -0.39 is 36.0 Å². The highest BCUT2D eigenvalue weighted by Crippen LogP contribution is 2.40. The Morgan fingerprint density at radius 3 is 2.06 bits per heavy atom. The summed E-state index contributed by atoms with van der Waals surface area (Å²) in [4.78, 5) is 23.6. The van der Waals surface area contributed by atoms with Gasteiger partial charge in [0.25, 0.3) is 0 Å². The summed E-state index contributed by atoms with van der Waals surface area (Å²) in [6, 6.07) is 19.3. The highest BCUT2D eigenvalue weighted by Gasteiger charge is 2.59. The quantitative estimate of drug-likeness (QED) is 0.376. The largest absolute Gasteiger partial charge is 0.453 e. The van der Waals surface area contributed by atoms with Gasteiger partial charge >= 0.3 is 11.9 Å². The van der Waals surface area contributed by atoms with E-state index in [0.29, 0.717) is 13.0 Å². The van der Waals surface area contributed by atoms with Crippen LogP contribution in [0.3, 0.4) is 0 Å². The molecule has 7 heteroatoms. The zero-order valence-electron chi connectivity index (χ0n) is 19.0. The summed E-state index contributed by atoms with van der Waals surface area (Å²) in [5, 5.41) is 0. The van der Waals surface area contributed by atoms with Crippen LogP contribution >= 0.6 is 0 Å². The number of carbonyl (C=O) groups excluding carboxylic acids is 2. The van der Waals surface area contributed by atoms with Gasteiger partial charge in [0.1, 0.15) is 11.7 Å². The lowest BCUT2D eigenvalue weighted by atomic mass is 9.92. The first-order valence-electron chi connectivity index (χ1n) is 10.8. The lowest BCUT2D eigenvalue weighted by Gasteiger charge is -2.33. The third-order valence-electron chi connectivity index (χ3n) is 5.24. The predicted molar refractivity (Wildman–Crippen MR) is 121 cm³/mol. The summed E-state index contributed by atoms with van der Waals surface area (Å²) in [6.07, 6.45) is -0.842. The second-order valence-corrected chi connectivity index (χ2v) is 7.92. The molecular weight excluding hydrogens is 424 g/mol. The average molecular weight is 455 g/mol. The van der Waals surface area contributed by atoms with Crippen LogP contribution < -0.4 is 0 Å². The van der Waals surface area contributed by atoms with Gasteiger partial charge in [0.15, 0.2) is 6.10 Å². The van der Waals surface area contributed by atoms with E-state index in [1.807, 2.05) is 60.7 Å². The molecule has 0 radical (unpaired) electrons. The lowest BCUT2D eigenvalue weighted by Crippen LogP contribution is -2.49. The Hall–Kier alpha value is -3.00. The Morgan fingerprint density at radius 2 is 1.52 bits per heavy atom.